The molecule has 10 aromatic carbocycles. The van der Waals surface area contributed by atoms with Gasteiger partial charge in [0.05, 0.1) is 0 Å². The van der Waals surface area contributed by atoms with Crippen LogP contribution in [0.3, 0.4) is 0 Å². The molecule has 0 aliphatic rings. The highest BCUT2D eigenvalue weighted by Gasteiger charge is 2.16. The molecule has 0 amide bonds. The van der Waals surface area contributed by atoms with Crippen molar-refractivity contribution in [3.63, 3.8) is 0 Å². The Kier molecular flexibility index (Phi) is 9.91. The van der Waals surface area contributed by atoms with Crippen molar-refractivity contribution in [2.45, 2.75) is 6.92 Å². The van der Waals surface area contributed by atoms with E-state index in [4.69, 9.17) is 0 Å². The summed E-state index contributed by atoms with van der Waals surface area (Å²) in [5.41, 5.74) is 19.1. The maximum absolute atomic E-state index is 2.36. The molecule has 284 valence electrons. The fraction of sp³-hybridized carbons (Fsp3) is 0.0169. The summed E-state index contributed by atoms with van der Waals surface area (Å²) in [6.45, 7) is 2.14. The van der Waals surface area contributed by atoms with Crippen molar-refractivity contribution >= 4 is 27.8 Å². The molecule has 0 aliphatic carbocycles. The maximum atomic E-state index is 2.36. The van der Waals surface area contributed by atoms with Gasteiger partial charge in [0.2, 0.25) is 0 Å². The monoisotopic (exact) mass is 765 g/mol. The molecule has 0 saturated heterocycles. The Hall–Kier alpha value is -7.74. The number of nitrogens with zero attached hydrogens (tertiary/aromatic N) is 1. The predicted molar refractivity (Wildman–Crippen MR) is 256 cm³/mol. The second-order valence-electron chi connectivity index (χ2n) is 15.4. The topological polar surface area (TPSA) is 3.24 Å². The first-order valence-corrected chi connectivity index (χ1v) is 20.7. The SMILES string of the molecule is Cc1ccc(-c2cccc3cccc(-c4ccc(N(c5ccc(-c6ccccc6)cc5)c5ccc(-c6cccc(-c7ccccc7-c7ccccc7)c6)cc5)cc4)c23)cc1. The fourth-order valence-electron chi connectivity index (χ4n) is 8.50. The largest absolute Gasteiger partial charge is 0.311 e. The van der Waals surface area contributed by atoms with Gasteiger partial charge < -0.3 is 4.90 Å². The predicted octanol–water partition coefficient (Wildman–Crippen LogP) is 16.6. The molecule has 0 aliphatic heterocycles. The summed E-state index contributed by atoms with van der Waals surface area (Å²) in [5.74, 6) is 0. The third-order valence-corrected chi connectivity index (χ3v) is 11.6. The summed E-state index contributed by atoms with van der Waals surface area (Å²) in [6, 6.07) is 87.9. The van der Waals surface area contributed by atoms with Gasteiger partial charge in [-0.25, -0.2) is 0 Å². The highest BCUT2D eigenvalue weighted by atomic mass is 15.1. The van der Waals surface area contributed by atoms with E-state index in [-0.39, 0.29) is 0 Å². The number of hydrogen-bond acceptors (Lipinski definition) is 1. The molecule has 10 rings (SSSR count). The molecule has 1 heteroatoms. The van der Waals surface area contributed by atoms with E-state index in [0.717, 1.165) is 17.1 Å². The quantitative estimate of drug-likeness (QED) is 0.141. The second-order valence-corrected chi connectivity index (χ2v) is 15.4. The van der Waals surface area contributed by atoms with Crippen LogP contribution in [0.4, 0.5) is 17.1 Å². The van der Waals surface area contributed by atoms with Crippen LogP contribution < -0.4 is 4.90 Å². The van der Waals surface area contributed by atoms with Gasteiger partial charge >= 0.3 is 0 Å². The zero-order chi connectivity index (χ0) is 40.3. The van der Waals surface area contributed by atoms with Crippen LogP contribution in [0.15, 0.2) is 243 Å². The Balaban J connectivity index is 1.02. The lowest BCUT2D eigenvalue weighted by Crippen LogP contribution is -2.09. The Morgan fingerprint density at radius 3 is 1.15 bits per heavy atom. The minimum Gasteiger partial charge on any atom is -0.311 e. The summed E-state index contributed by atoms with van der Waals surface area (Å²) in [7, 11) is 0. The normalized spacial score (nSPS) is 11.1. The molecular formula is C59H43N. The number of aryl methyl sites for hydroxylation is 1. The average molecular weight is 766 g/mol. The number of fused-ring (bicyclic) bond motifs is 1. The molecule has 0 radical (unpaired) electrons. The lowest BCUT2D eigenvalue weighted by molar-refractivity contribution is 1.28. The van der Waals surface area contributed by atoms with Crippen LogP contribution in [-0.4, -0.2) is 0 Å². The third kappa shape index (κ3) is 7.30. The molecule has 0 saturated carbocycles. The molecule has 1 nitrogen and oxygen atoms in total. The zero-order valence-corrected chi connectivity index (χ0v) is 33.5. The van der Waals surface area contributed by atoms with Crippen molar-refractivity contribution in [3.05, 3.63) is 248 Å². The number of rotatable bonds is 9. The molecule has 0 heterocycles. The van der Waals surface area contributed by atoms with Gasteiger partial charge in [-0.15, -0.1) is 0 Å². The first-order chi connectivity index (χ1) is 29.7. The highest BCUT2D eigenvalue weighted by molar-refractivity contribution is 6.06. The lowest BCUT2D eigenvalue weighted by Gasteiger charge is -2.26. The summed E-state index contributed by atoms with van der Waals surface area (Å²) < 4.78 is 0. The van der Waals surface area contributed by atoms with E-state index in [1.165, 1.54) is 83.1 Å². The fourth-order valence-corrected chi connectivity index (χ4v) is 8.50. The second kappa shape index (κ2) is 16.3. The standard InChI is InChI=1S/C59H43N/c1-42-25-27-47(28-26-42)57-23-11-17-49-18-12-24-58(59(49)57)48-33-39-54(40-34-48)60(52-35-29-44(30-36-52)43-13-4-2-5-14-43)53-37-31-45(32-38-53)50-19-10-20-51(41-50)56-22-9-8-21-55(56)46-15-6-3-7-16-46/h2-41H,1H3. The molecule has 0 aromatic heterocycles. The number of benzene rings is 10. The Morgan fingerprint density at radius 2 is 0.600 bits per heavy atom. The van der Waals surface area contributed by atoms with Gasteiger partial charge in [-0.05, 0) is 127 Å². The zero-order valence-electron chi connectivity index (χ0n) is 33.5. The molecule has 0 bridgehead atoms. The summed E-state index contributed by atoms with van der Waals surface area (Å²) in [5, 5.41) is 2.51. The van der Waals surface area contributed by atoms with Gasteiger partial charge in [0, 0.05) is 17.1 Å². The summed E-state index contributed by atoms with van der Waals surface area (Å²) in [4.78, 5) is 2.36. The van der Waals surface area contributed by atoms with Gasteiger partial charge in [0.25, 0.3) is 0 Å². The van der Waals surface area contributed by atoms with Crippen LogP contribution in [0.5, 0.6) is 0 Å². The summed E-state index contributed by atoms with van der Waals surface area (Å²) >= 11 is 0. The first kappa shape index (κ1) is 36.6. The lowest BCUT2D eigenvalue weighted by atomic mass is 9.91. The van der Waals surface area contributed by atoms with Crippen LogP contribution in [0.1, 0.15) is 5.56 Å². The van der Waals surface area contributed by atoms with E-state index in [9.17, 15) is 0 Å². The molecule has 10 aromatic rings. The average Bonchev–Trinajstić information content (AvgIpc) is 3.33. The molecule has 0 spiro atoms. The van der Waals surface area contributed by atoms with Crippen molar-refractivity contribution in [2.75, 3.05) is 4.90 Å². The molecule has 0 N–H and O–H groups in total. The number of hydrogen-bond donors (Lipinski definition) is 0. The van der Waals surface area contributed by atoms with E-state index in [1.807, 2.05) is 0 Å². The number of anilines is 3. The maximum Gasteiger partial charge on any atom is 0.0462 e. The van der Waals surface area contributed by atoms with Gasteiger partial charge in [0.1, 0.15) is 0 Å². The van der Waals surface area contributed by atoms with Gasteiger partial charge in [-0.3, -0.25) is 0 Å². The van der Waals surface area contributed by atoms with Crippen molar-refractivity contribution in [3.8, 4) is 66.8 Å². The van der Waals surface area contributed by atoms with E-state index < -0.39 is 0 Å². The van der Waals surface area contributed by atoms with E-state index in [0.29, 0.717) is 0 Å². The summed E-state index contributed by atoms with van der Waals surface area (Å²) in [6.07, 6.45) is 0. The minimum absolute atomic E-state index is 1.09. The van der Waals surface area contributed by atoms with Crippen molar-refractivity contribution in [1.29, 1.82) is 0 Å². The van der Waals surface area contributed by atoms with Gasteiger partial charge in [0.15, 0.2) is 0 Å². The van der Waals surface area contributed by atoms with Crippen molar-refractivity contribution < 1.29 is 0 Å². The van der Waals surface area contributed by atoms with Crippen LogP contribution in [0, 0.1) is 6.92 Å². The third-order valence-electron chi connectivity index (χ3n) is 11.6. The van der Waals surface area contributed by atoms with Crippen molar-refractivity contribution in [1.82, 2.24) is 0 Å². The van der Waals surface area contributed by atoms with E-state index in [1.54, 1.807) is 0 Å². The van der Waals surface area contributed by atoms with Crippen LogP contribution in [-0.2, 0) is 0 Å². The molecule has 0 atom stereocenters. The highest BCUT2D eigenvalue weighted by Crippen LogP contribution is 2.41. The Labute approximate surface area is 353 Å². The smallest absolute Gasteiger partial charge is 0.0462 e. The Bertz CT molecular complexity index is 3030. The van der Waals surface area contributed by atoms with Gasteiger partial charge in [-0.2, -0.15) is 0 Å². The minimum atomic E-state index is 1.09. The molecule has 0 unspecified atom stereocenters. The Morgan fingerprint density at radius 1 is 0.250 bits per heavy atom. The van der Waals surface area contributed by atoms with Gasteiger partial charge in [-0.1, -0.05) is 206 Å². The molecule has 0 fully saturated rings. The first-order valence-electron chi connectivity index (χ1n) is 20.7. The van der Waals surface area contributed by atoms with E-state index in [2.05, 4.69) is 254 Å². The van der Waals surface area contributed by atoms with E-state index >= 15 is 0 Å². The van der Waals surface area contributed by atoms with Crippen LogP contribution >= 0.6 is 0 Å². The van der Waals surface area contributed by atoms with Crippen molar-refractivity contribution in [2.24, 2.45) is 0 Å². The molecular weight excluding hydrogens is 723 g/mol. The van der Waals surface area contributed by atoms with Crippen LogP contribution in [0.25, 0.3) is 77.5 Å². The van der Waals surface area contributed by atoms with Crippen LogP contribution in [0.2, 0.25) is 0 Å². The molecule has 60 heavy (non-hydrogen) atoms.